The number of hydrogen-bond acceptors (Lipinski definition) is 6. The van der Waals surface area contributed by atoms with E-state index in [-0.39, 0.29) is 5.66 Å². The van der Waals surface area contributed by atoms with E-state index in [2.05, 4.69) is 68.7 Å². The minimum atomic E-state index is -0.249. The number of hydrogen-bond donors (Lipinski definition) is 2. The van der Waals surface area contributed by atoms with E-state index in [1.165, 1.54) is 5.56 Å². The Morgan fingerprint density at radius 3 is 2.75 bits per heavy atom. The normalized spacial score (nSPS) is 24.2. The van der Waals surface area contributed by atoms with Gasteiger partial charge in [0.25, 0.3) is 0 Å². The fourth-order valence-electron chi connectivity index (χ4n) is 3.86. The van der Waals surface area contributed by atoms with Crippen molar-refractivity contribution in [3.8, 4) is 0 Å². The molecule has 0 bridgehead atoms. The SMILES string of the molecule is CCC1(N2CCNCC2)NN(c2ccccc2C)c2ncncc21. The molecule has 1 unspecified atom stereocenters. The average molecular weight is 324 g/mol. The molecule has 1 atom stereocenters. The number of nitrogens with one attached hydrogen (secondary N) is 2. The van der Waals surface area contributed by atoms with Crippen molar-refractivity contribution in [2.75, 3.05) is 31.2 Å². The molecular formula is C18H24N6. The summed E-state index contributed by atoms with van der Waals surface area (Å²) >= 11 is 0. The number of nitrogens with zero attached hydrogens (tertiary/aromatic N) is 4. The van der Waals surface area contributed by atoms with Crippen LogP contribution in [-0.2, 0) is 5.66 Å². The van der Waals surface area contributed by atoms with Crippen LogP contribution in [0.5, 0.6) is 0 Å². The van der Waals surface area contributed by atoms with Crippen LogP contribution in [0.15, 0.2) is 36.8 Å². The van der Waals surface area contributed by atoms with Gasteiger partial charge in [0.2, 0.25) is 0 Å². The van der Waals surface area contributed by atoms with Gasteiger partial charge in [0.05, 0.1) is 11.3 Å². The summed E-state index contributed by atoms with van der Waals surface area (Å²) in [6.45, 7) is 8.41. The molecule has 0 radical (unpaired) electrons. The zero-order valence-electron chi connectivity index (χ0n) is 14.3. The summed E-state index contributed by atoms with van der Waals surface area (Å²) in [5.74, 6) is 0.958. The van der Waals surface area contributed by atoms with Crippen molar-refractivity contribution in [2.24, 2.45) is 0 Å². The summed E-state index contributed by atoms with van der Waals surface area (Å²) in [6, 6.07) is 8.41. The number of para-hydroxylation sites is 1. The molecule has 0 aliphatic carbocycles. The maximum Gasteiger partial charge on any atom is 0.157 e. The Morgan fingerprint density at radius 2 is 2.00 bits per heavy atom. The van der Waals surface area contributed by atoms with E-state index >= 15 is 0 Å². The Morgan fingerprint density at radius 1 is 1.21 bits per heavy atom. The van der Waals surface area contributed by atoms with Gasteiger partial charge in [-0.25, -0.2) is 15.4 Å². The molecule has 1 aromatic heterocycles. The minimum absolute atomic E-state index is 0.249. The van der Waals surface area contributed by atoms with Crippen molar-refractivity contribution < 1.29 is 0 Å². The molecule has 6 heteroatoms. The largest absolute Gasteiger partial charge is 0.314 e. The van der Waals surface area contributed by atoms with Gasteiger partial charge in [-0.05, 0) is 25.0 Å². The number of fused-ring (bicyclic) bond motifs is 1. The molecule has 2 aromatic rings. The summed E-state index contributed by atoms with van der Waals surface area (Å²) in [6.07, 6.45) is 4.56. The van der Waals surface area contributed by atoms with E-state index in [0.29, 0.717) is 0 Å². The van der Waals surface area contributed by atoms with Gasteiger partial charge in [-0.1, -0.05) is 25.1 Å². The maximum atomic E-state index is 4.61. The quantitative estimate of drug-likeness (QED) is 0.899. The number of anilines is 2. The standard InChI is InChI=1S/C18H24N6/c1-3-18(23-10-8-19-9-11-23)15-12-20-13-21-17(15)24(22-18)16-7-5-4-6-14(16)2/h4-7,12-13,19,22H,3,8-11H2,1-2H3. The number of hydrazine groups is 1. The average Bonchev–Trinajstić information content (AvgIpc) is 2.99. The highest BCUT2D eigenvalue weighted by Crippen LogP contribution is 2.43. The highest BCUT2D eigenvalue weighted by Gasteiger charge is 2.47. The van der Waals surface area contributed by atoms with Crippen molar-refractivity contribution in [3.05, 3.63) is 47.9 Å². The van der Waals surface area contributed by atoms with Crippen LogP contribution in [0.25, 0.3) is 0 Å². The highest BCUT2D eigenvalue weighted by atomic mass is 15.6. The van der Waals surface area contributed by atoms with Gasteiger partial charge in [-0.15, -0.1) is 0 Å². The Kier molecular flexibility index (Phi) is 3.96. The Bertz CT molecular complexity index is 727. The van der Waals surface area contributed by atoms with Gasteiger partial charge >= 0.3 is 0 Å². The fourth-order valence-corrected chi connectivity index (χ4v) is 3.86. The van der Waals surface area contributed by atoms with Crippen LogP contribution >= 0.6 is 0 Å². The lowest BCUT2D eigenvalue weighted by Crippen LogP contribution is -2.60. The summed E-state index contributed by atoms with van der Waals surface area (Å²) < 4.78 is 0. The second-order valence-corrected chi connectivity index (χ2v) is 6.44. The molecule has 3 heterocycles. The van der Waals surface area contributed by atoms with Crippen molar-refractivity contribution in [2.45, 2.75) is 25.9 Å². The fraction of sp³-hybridized carbons (Fsp3) is 0.444. The van der Waals surface area contributed by atoms with Crippen LogP contribution in [0.4, 0.5) is 11.5 Å². The topological polar surface area (TPSA) is 56.3 Å². The monoisotopic (exact) mass is 324 g/mol. The third-order valence-electron chi connectivity index (χ3n) is 5.17. The van der Waals surface area contributed by atoms with E-state index in [1.54, 1.807) is 6.33 Å². The molecule has 0 saturated carbocycles. The minimum Gasteiger partial charge on any atom is -0.314 e. The lowest BCUT2D eigenvalue weighted by molar-refractivity contribution is 0.0447. The predicted octanol–water partition coefficient (Wildman–Crippen LogP) is 1.91. The number of rotatable bonds is 3. The Balaban J connectivity index is 1.82. The number of benzene rings is 1. The zero-order chi connectivity index (χ0) is 16.6. The lowest BCUT2D eigenvalue weighted by atomic mass is 9.97. The van der Waals surface area contributed by atoms with Crippen LogP contribution < -0.4 is 15.8 Å². The maximum absolute atomic E-state index is 4.61. The van der Waals surface area contributed by atoms with Gasteiger partial charge in [-0.3, -0.25) is 9.91 Å². The molecule has 6 nitrogen and oxygen atoms in total. The number of piperazine rings is 1. The molecule has 1 aromatic carbocycles. The molecule has 2 aliphatic heterocycles. The van der Waals surface area contributed by atoms with Crippen molar-refractivity contribution in [3.63, 3.8) is 0 Å². The number of aromatic nitrogens is 2. The van der Waals surface area contributed by atoms with E-state index in [0.717, 1.165) is 49.7 Å². The second kappa shape index (κ2) is 6.12. The third-order valence-corrected chi connectivity index (χ3v) is 5.17. The second-order valence-electron chi connectivity index (χ2n) is 6.44. The molecule has 1 fully saturated rings. The van der Waals surface area contributed by atoms with Crippen LogP contribution in [0.2, 0.25) is 0 Å². The molecule has 2 N–H and O–H groups in total. The van der Waals surface area contributed by atoms with Gasteiger partial charge < -0.3 is 5.32 Å². The first-order valence-corrected chi connectivity index (χ1v) is 8.66. The first-order valence-electron chi connectivity index (χ1n) is 8.66. The molecule has 0 spiro atoms. The predicted molar refractivity (Wildman–Crippen MR) is 94.9 cm³/mol. The van der Waals surface area contributed by atoms with E-state index in [9.17, 15) is 0 Å². The van der Waals surface area contributed by atoms with Gasteiger partial charge in [-0.2, -0.15) is 0 Å². The lowest BCUT2D eigenvalue weighted by Gasteiger charge is -2.43. The summed E-state index contributed by atoms with van der Waals surface area (Å²) in [4.78, 5) is 11.4. The van der Waals surface area contributed by atoms with Crippen molar-refractivity contribution in [1.82, 2.24) is 25.6 Å². The molecule has 0 amide bonds. The number of aryl methyl sites for hydroxylation is 1. The van der Waals surface area contributed by atoms with Crippen LogP contribution in [0, 0.1) is 6.92 Å². The summed E-state index contributed by atoms with van der Waals surface area (Å²) in [5, 5.41) is 5.58. The van der Waals surface area contributed by atoms with Crippen LogP contribution in [0.1, 0.15) is 24.5 Å². The first-order chi connectivity index (χ1) is 11.8. The van der Waals surface area contributed by atoms with E-state index in [1.807, 2.05) is 6.20 Å². The van der Waals surface area contributed by atoms with E-state index < -0.39 is 0 Å². The molecule has 4 rings (SSSR count). The molecule has 2 aliphatic rings. The first kappa shape index (κ1) is 15.5. The van der Waals surface area contributed by atoms with Gasteiger partial charge in [0, 0.05) is 32.4 Å². The summed E-state index contributed by atoms with van der Waals surface area (Å²) in [7, 11) is 0. The molecule has 1 saturated heterocycles. The van der Waals surface area contributed by atoms with Gasteiger partial charge in [0.1, 0.15) is 12.0 Å². The molecule has 24 heavy (non-hydrogen) atoms. The molecular weight excluding hydrogens is 300 g/mol. The van der Waals surface area contributed by atoms with Crippen molar-refractivity contribution >= 4 is 11.5 Å². The van der Waals surface area contributed by atoms with Crippen molar-refractivity contribution in [1.29, 1.82) is 0 Å². The third kappa shape index (κ3) is 2.30. The van der Waals surface area contributed by atoms with Crippen LogP contribution in [0.3, 0.4) is 0 Å². The van der Waals surface area contributed by atoms with E-state index in [4.69, 9.17) is 0 Å². The highest BCUT2D eigenvalue weighted by molar-refractivity contribution is 5.68. The zero-order valence-corrected chi connectivity index (χ0v) is 14.3. The Labute approximate surface area is 142 Å². The van der Waals surface area contributed by atoms with Crippen LogP contribution in [-0.4, -0.2) is 41.0 Å². The summed E-state index contributed by atoms with van der Waals surface area (Å²) in [5.41, 5.74) is 7.06. The smallest absolute Gasteiger partial charge is 0.157 e. The van der Waals surface area contributed by atoms with Gasteiger partial charge in [0.15, 0.2) is 5.82 Å². The Hall–Kier alpha value is -2.02. The molecule has 126 valence electrons.